The fourth-order valence-electron chi connectivity index (χ4n) is 6.01. The summed E-state index contributed by atoms with van der Waals surface area (Å²) in [6, 6.07) is 17.9. The Balaban J connectivity index is 1.62. The van der Waals surface area contributed by atoms with Crippen molar-refractivity contribution in [2.75, 3.05) is 63.2 Å². The van der Waals surface area contributed by atoms with Gasteiger partial charge in [0.2, 0.25) is 5.88 Å². The molecule has 0 saturated carbocycles. The monoisotopic (exact) mass is 564 g/mol. The average molecular weight is 565 g/mol. The Morgan fingerprint density at radius 3 is 2.76 bits per heavy atom. The maximum atomic E-state index is 14.3. The van der Waals surface area contributed by atoms with E-state index in [2.05, 4.69) is 24.0 Å². The molecule has 3 heterocycles. The van der Waals surface area contributed by atoms with Gasteiger partial charge in [-0.25, -0.2) is 4.79 Å². The summed E-state index contributed by atoms with van der Waals surface area (Å²) in [6.45, 7) is 6.17. The number of pyridine rings is 1. The number of nitriles is 2. The van der Waals surface area contributed by atoms with Crippen molar-refractivity contribution in [1.29, 1.82) is 10.5 Å². The molecule has 1 fully saturated rings. The first kappa shape index (κ1) is 28.7. The predicted octanol–water partition coefficient (Wildman–Crippen LogP) is 3.17. The average Bonchev–Trinajstić information content (AvgIpc) is 3.01. The largest absolute Gasteiger partial charge is 0.475 e. The van der Waals surface area contributed by atoms with Crippen LogP contribution >= 0.6 is 0 Å². The van der Waals surface area contributed by atoms with Crippen molar-refractivity contribution in [1.82, 2.24) is 10.3 Å². The van der Waals surface area contributed by atoms with Gasteiger partial charge in [0.05, 0.1) is 43.9 Å². The summed E-state index contributed by atoms with van der Waals surface area (Å²) >= 11 is 0. The summed E-state index contributed by atoms with van der Waals surface area (Å²) < 4.78 is 6.05. The molecule has 2 aliphatic heterocycles. The molecule has 2 aliphatic rings. The first-order chi connectivity index (χ1) is 20.4. The number of carbonyl (C=O) groups excluding carboxylic acids is 2. The molecule has 3 aromatic rings. The zero-order valence-corrected chi connectivity index (χ0v) is 24.0. The minimum absolute atomic E-state index is 0.0747. The van der Waals surface area contributed by atoms with Crippen LogP contribution in [0.4, 0.5) is 11.5 Å². The van der Waals surface area contributed by atoms with Gasteiger partial charge in [0.25, 0.3) is 5.91 Å². The van der Waals surface area contributed by atoms with Crippen LogP contribution in [-0.4, -0.2) is 80.7 Å². The molecule has 1 unspecified atom stereocenters. The number of benzene rings is 2. The van der Waals surface area contributed by atoms with Gasteiger partial charge in [-0.1, -0.05) is 43.0 Å². The lowest BCUT2D eigenvalue weighted by atomic mass is 9.93. The fraction of sp³-hybridized carbons (Fsp3) is 0.344. The van der Waals surface area contributed by atoms with Crippen LogP contribution in [0.5, 0.6) is 5.88 Å². The molecule has 2 amide bonds. The van der Waals surface area contributed by atoms with Gasteiger partial charge in [-0.05, 0) is 24.9 Å². The first-order valence-corrected chi connectivity index (χ1v) is 14.1. The number of fused-ring (bicyclic) bond motifs is 2. The molecule has 0 bridgehead atoms. The summed E-state index contributed by atoms with van der Waals surface area (Å²) in [5.41, 5.74) is 1.89. The lowest BCUT2D eigenvalue weighted by Crippen LogP contribution is -2.66. The van der Waals surface area contributed by atoms with Crippen molar-refractivity contribution in [2.45, 2.75) is 18.9 Å². The van der Waals surface area contributed by atoms with Crippen LogP contribution < -0.4 is 19.9 Å². The quantitative estimate of drug-likeness (QED) is 0.252. The minimum Gasteiger partial charge on any atom is -0.475 e. The number of hydrogen-bond acceptors (Lipinski definition) is 8. The number of aromatic nitrogens is 1. The lowest BCUT2D eigenvalue weighted by Gasteiger charge is -2.46. The third-order valence-corrected chi connectivity index (χ3v) is 8.42. The third kappa shape index (κ3) is 4.96. The van der Waals surface area contributed by atoms with E-state index in [0.717, 1.165) is 16.5 Å². The van der Waals surface area contributed by atoms with Crippen molar-refractivity contribution in [2.24, 2.45) is 0 Å². The van der Waals surface area contributed by atoms with Crippen molar-refractivity contribution in [3.8, 4) is 18.0 Å². The fourth-order valence-corrected chi connectivity index (χ4v) is 6.01. The van der Waals surface area contributed by atoms with Crippen molar-refractivity contribution in [3.63, 3.8) is 0 Å². The summed E-state index contributed by atoms with van der Waals surface area (Å²) in [5.74, 6) is 0.257. The van der Waals surface area contributed by atoms with Crippen molar-refractivity contribution >= 4 is 34.1 Å². The second-order valence-corrected chi connectivity index (χ2v) is 10.7. The molecule has 1 aromatic heterocycles. The van der Waals surface area contributed by atoms with Gasteiger partial charge in [0, 0.05) is 30.1 Å². The van der Waals surface area contributed by atoms with Gasteiger partial charge in [-0.3, -0.25) is 9.28 Å². The van der Waals surface area contributed by atoms with E-state index in [9.17, 15) is 20.1 Å². The van der Waals surface area contributed by atoms with Crippen LogP contribution in [0.2, 0.25) is 0 Å². The smallest absolute Gasteiger partial charge is 0.338 e. The molecule has 0 aliphatic carbocycles. The molecule has 42 heavy (non-hydrogen) atoms. The van der Waals surface area contributed by atoms with Crippen LogP contribution in [0.15, 0.2) is 55.1 Å². The molecule has 10 heteroatoms. The van der Waals surface area contributed by atoms with Gasteiger partial charge in [-0.2, -0.15) is 15.5 Å². The summed E-state index contributed by atoms with van der Waals surface area (Å²) in [7, 11) is 3.64. The molecule has 214 valence electrons. The van der Waals surface area contributed by atoms with Crippen LogP contribution in [0.3, 0.4) is 0 Å². The number of rotatable bonds is 8. The van der Waals surface area contributed by atoms with Crippen LogP contribution in [0, 0.1) is 22.7 Å². The summed E-state index contributed by atoms with van der Waals surface area (Å²) in [6.07, 6.45) is 1.97. The first-order valence-electron chi connectivity index (χ1n) is 14.1. The van der Waals surface area contributed by atoms with Crippen molar-refractivity contribution in [3.05, 3.63) is 71.8 Å². The van der Waals surface area contributed by atoms with Gasteiger partial charge in [0.15, 0.2) is 0 Å². The normalized spacial score (nSPS) is 20.0. The standard InChI is InChI=1S/C32H34N7O3/c1-4-28(40)39(3)18-17-37(21-23(39)12-14-33)30-25-13-16-38(27-11-7-9-22-8-5-6-10-24(22)27)32(41)29(25)26(20-34)31(36-30)42-19-15-35-2/h4-11,23,35H,1,12-13,15-19,21H2,2-3H3/q+1/t23-,39?/m1/s1. The Bertz CT molecular complexity index is 1630. The van der Waals surface area contributed by atoms with Gasteiger partial charge >= 0.3 is 5.91 Å². The SMILES string of the molecule is C=CC(=O)[N+]1(C)CCN(c2nc(OCCNC)c(C#N)c3c2CCN(c2cccc4ccccc24)C3=O)C[C@H]1CC#N. The highest BCUT2D eigenvalue weighted by atomic mass is 16.5. The number of hydrogen-bond donors (Lipinski definition) is 1. The van der Waals surface area contributed by atoms with E-state index in [1.807, 2.05) is 54.4 Å². The number of piperazine rings is 1. The number of quaternary nitrogens is 1. The Morgan fingerprint density at radius 1 is 1.24 bits per heavy atom. The highest BCUT2D eigenvalue weighted by molar-refractivity contribution is 6.14. The molecule has 2 aromatic carbocycles. The topological polar surface area (TPSA) is 122 Å². The van der Waals surface area contributed by atoms with Gasteiger partial charge in [-0.15, -0.1) is 0 Å². The Morgan fingerprint density at radius 2 is 2.02 bits per heavy atom. The minimum atomic E-state index is -0.317. The number of nitrogens with zero attached hydrogens (tertiary/aromatic N) is 6. The van der Waals surface area contributed by atoms with Crippen LogP contribution in [0.25, 0.3) is 10.8 Å². The van der Waals surface area contributed by atoms with E-state index in [4.69, 9.17) is 9.72 Å². The molecule has 1 saturated heterocycles. The van der Waals surface area contributed by atoms with Crippen LogP contribution in [-0.2, 0) is 11.2 Å². The number of ether oxygens (including phenoxy) is 1. The third-order valence-electron chi connectivity index (χ3n) is 8.42. The van der Waals surface area contributed by atoms with Gasteiger partial charge in [0.1, 0.15) is 36.6 Å². The predicted molar refractivity (Wildman–Crippen MR) is 160 cm³/mol. The zero-order chi connectivity index (χ0) is 29.9. The number of carbonyl (C=O) groups is 2. The Hall–Kier alpha value is -4.77. The Kier molecular flexibility index (Phi) is 8.21. The van der Waals surface area contributed by atoms with Crippen molar-refractivity contribution < 1.29 is 18.8 Å². The van der Waals surface area contributed by atoms with E-state index < -0.39 is 0 Å². The maximum Gasteiger partial charge on any atom is 0.338 e. The number of amides is 2. The zero-order valence-electron chi connectivity index (χ0n) is 24.0. The second kappa shape index (κ2) is 12.0. The molecule has 1 N–H and O–H groups in total. The summed E-state index contributed by atoms with van der Waals surface area (Å²) in [5, 5.41) is 24.9. The highest BCUT2D eigenvalue weighted by Gasteiger charge is 2.45. The number of nitrogens with one attached hydrogen (secondary N) is 1. The molecule has 2 atom stereocenters. The maximum absolute atomic E-state index is 14.3. The number of anilines is 2. The molecule has 0 spiro atoms. The summed E-state index contributed by atoms with van der Waals surface area (Å²) in [4.78, 5) is 35.7. The molecule has 0 radical (unpaired) electrons. The second-order valence-electron chi connectivity index (χ2n) is 10.7. The van der Waals surface area contributed by atoms with E-state index in [1.165, 1.54) is 6.08 Å². The molecule has 5 rings (SSSR count). The number of likely N-dealkylation sites (N-methyl/N-ethyl adjacent to an activating group) is 2. The molecule has 10 nitrogen and oxygen atoms in total. The highest BCUT2D eigenvalue weighted by Crippen LogP contribution is 2.39. The van der Waals surface area contributed by atoms with Crippen LogP contribution in [0.1, 0.15) is 27.9 Å². The Labute approximate surface area is 245 Å². The lowest BCUT2D eigenvalue weighted by molar-refractivity contribution is -0.858. The van der Waals surface area contributed by atoms with Gasteiger partial charge < -0.3 is 19.9 Å². The van der Waals surface area contributed by atoms with E-state index >= 15 is 0 Å². The van der Waals surface area contributed by atoms with E-state index in [0.29, 0.717) is 56.1 Å². The molecular formula is C32H34N7O3+. The molecular weight excluding hydrogens is 530 g/mol. The van der Waals surface area contributed by atoms with E-state index in [1.54, 1.807) is 11.9 Å². The van der Waals surface area contributed by atoms with E-state index in [-0.39, 0.29) is 46.8 Å².